The fourth-order valence-electron chi connectivity index (χ4n) is 4.05. The van der Waals surface area contributed by atoms with Crippen molar-refractivity contribution in [2.75, 3.05) is 0 Å². The molecule has 4 aromatic rings. The third-order valence-electron chi connectivity index (χ3n) is 5.79. The smallest absolute Gasteiger partial charge is 0.318 e. The lowest BCUT2D eigenvalue weighted by Crippen LogP contribution is -2.49. The van der Waals surface area contributed by atoms with Gasteiger partial charge in [-0.25, -0.2) is 9.78 Å². The van der Waals surface area contributed by atoms with Gasteiger partial charge in [-0.15, -0.1) is 22.7 Å². The SMILES string of the molecule is CC[C@@]1(c2ccccc2)NC(=O)N(NC(=O)Cn2cnc3scc(-c4cccs4)c3c2=O)C1=O. The van der Waals surface area contributed by atoms with Crippen molar-refractivity contribution < 1.29 is 14.4 Å². The van der Waals surface area contributed by atoms with Crippen LogP contribution in [0.2, 0.25) is 0 Å². The number of benzene rings is 1. The molecule has 0 aliphatic carbocycles. The Balaban J connectivity index is 1.39. The summed E-state index contributed by atoms with van der Waals surface area (Å²) < 4.78 is 1.17. The molecule has 0 radical (unpaired) electrons. The van der Waals surface area contributed by atoms with Crippen molar-refractivity contribution in [2.45, 2.75) is 25.4 Å². The molecule has 34 heavy (non-hydrogen) atoms. The molecular weight excluding hydrogens is 474 g/mol. The van der Waals surface area contributed by atoms with Gasteiger partial charge in [0.25, 0.3) is 17.4 Å². The van der Waals surface area contributed by atoms with Crippen LogP contribution in [0.25, 0.3) is 20.7 Å². The molecule has 1 aliphatic heterocycles. The van der Waals surface area contributed by atoms with E-state index in [1.165, 1.54) is 33.6 Å². The number of nitrogens with one attached hydrogen (secondary N) is 2. The number of hydrogen-bond donors (Lipinski definition) is 2. The number of hydrazine groups is 1. The average Bonchev–Trinajstić information content (AvgIpc) is 3.57. The predicted octanol–water partition coefficient (Wildman–Crippen LogP) is 3.08. The highest BCUT2D eigenvalue weighted by Crippen LogP contribution is 2.33. The van der Waals surface area contributed by atoms with Crippen LogP contribution in [0.1, 0.15) is 18.9 Å². The van der Waals surface area contributed by atoms with Crippen LogP contribution in [-0.4, -0.2) is 32.4 Å². The molecule has 1 aliphatic rings. The Bertz CT molecular complexity index is 1460. The Morgan fingerprint density at radius 3 is 2.62 bits per heavy atom. The van der Waals surface area contributed by atoms with Crippen LogP contribution >= 0.6 is 22.7 Å². The van der Waals surface area contributed by atoms with Gasteiger partial charge in [-0.2, -0.15) is 5.01 Å². The van der Waals surface area contributed by atoms with Crippen molar-refractivity contribution in [1.29, 1.82) is 0 Å². The normalized spacial score (nSPS) is 17.9. The van der Waals surface area contributed by atoms with Crippen molar-refractivity contribution in [3.8, 4) is 10.4 Å². The number of thiophene rings is 2. The minimum Gasteiger partial charge on any atom is -0.318 e. The number of amides is 4. The number of carbonyl (C=O) groups is 3. The van der Waals surface area contributed by atoms with Crippen molar-refractivity contribution in [3.63, 3.8) is 0 Å². The number of fused-ring (bicyclic) bond motifs is 1. The second kappa shape index (κ2) is 8.50. The van der Waals surface area contributed by atoms with E-state index in [1.807, 2.05) is 29.0 Å². The van der Waals surface area contributed by atoms with Gasteiger partial charge < -0.3 is 5.32 Å². The summed E-state index contributed by atoms with van der Waals surface area (Å²) in [7, 11) is 0. The first kappa shape index (κ1) is 22.0. The standard InChI is InChI=1S/C23H19N5O4S2/c1-2-23(14-7-4-3-5-8-14)21(31)28(22(32)25-23)26-17(29)11-27-13-24-19-18(20(27)30)15(12-34-19)16-9-6-10-33-16/h3-10,12-13H,2,11H2,1H3,(H,25,32)(H,26,29)/t23-/m0/s1. The van der Waals surface area contributed by atoms with Crippen LogP contribution in [0.5, 0.6) is 0 Å². The summed E-state index contributed by atoms with van der Waals surface area (Å²) in [4.78, 5) is 57.5. The van der Waals surface area contributed by atoms with Crippen LogP contribution in [0, 0.1) is 0 Å². The summed E-state index contributed by atoms with van der Waals surface area (Å²) in [5, 5.41) is 7.61. The van der Waals surface area contributed by atoms with E-state index in [1.54, 1.807) is 31.2 Å². The molecule has 1 atom stereocenters. The maximum atomic E-state index is 13.2. The largest absolute Gasteiger partial charge is 0.344 e. The number of urea groups is 1. The Labute approximate surface area is 201 Å². The summed E-state index contributed by atoms with van der Waals surface area (Å²) in [6.07, 6.45) is 1.60. The molecule has 4 amide bonds. The molecular formula is C23H19N5O4S2. The quantitative estimate of drug-likeness (QED) is 0.401. The van der Waals surface area contributed by atoms with Gasteiger partial charge in [0, 0.05) is 15.8 Å². The van der Waals surface area contributed by atoms with E-state index in [9.17, 15) is 19.2 Å². The molecule has 1 saturated heterocycles. The third kappa shape index (κ3) is 3.49. The molecule has 0 spiro atoms. The first-order chi connectivity index (χ1) is 16.4. The summed E-state index contributed by atoms with van der Waals surface area (Å²) in [5.41, 5.74) is 2.10. The van der Waals surface area contributed by atoms with Crippen LogP contribution in [0.15, 0.2) is 64.3 Å². The maximum absolute atomic E-state index is 13.2. The van der Waals surface area contributed by atoms with Crippen LogP contribution in [0.4, 0.5) is 4.79 Å². The van der Waals surface area contributed by atoms with Gasteiger partial charge >= 0.3 is 6.03 Å². The molecule has 0 saturated carbocycles. The summed E-state index contributed by atoms with van der Waals surface area (Å²) >= 11 is 2.87. The molecule has 1 aromatic carbocycles. The zero-order valence-electron chi connectivity index (χ0n) is 18.0. The molecule has 0 unspecified atom stereocenters. The topological polar surface area (TPSA) is 113 Å². The molecule has 9 nitrogen and oxygen atoms in total. The van der Waals surface area contributed by atoms with E-state index in [4.69, 9.17) is 0 Å². The molecule has 172 valence electrons. The second-order valence-corrected chi connectivity index (χ2v) is 9.52. The van der Waals surface area contributed by atoms with Crippen molar-refractivity contribution >= 4 is 50.7 Å². The van der Waals surface area contributed by atoms with E-state index in [0.29, 0.717) is 27.2 Å². The zero-order valence-corrected chi connectivity index (χ0v) is 19.6. The highest BCUT2D eigenvalue weighted by molar-refractivity contribution is 7.18. The van der Waals surface area contributed by atoms with Crippen molar-refractivity contribution in [2.24, 2.45) is 0 Å². The molecule has 3 aromatic heterocycles. The lowest BCUT2D eigenvalue weighted by atomic mass is 9.87. The van der Waals surface area contributed by atoms with Gasteiger partial charge in [-0.05, 0) is 23.4 Å². The molecule has 2 N–H and O–H groups in total. The number of aromatic nitrogens is 2. The number of hydrogen-bond acceptors (Lipinski definition) is 7. The highest BCUT2D eigenvalue weighted by Gasteiger charge is 2.52. The summed E-state index contributed by atoms with van der Waals surface area (Å²) in [6.45, 7) is 1.38. The summed E-state index contributed by atoms with van der Waals surface area (Å²) in [6, 6.07) is 11.9. The lowest BCUT2D eigenvalue weighted by Gasteiger charge is -2.25. The van der Waals surface area contributed by atoms with E-state index in [2.05, 4.69) is 15.7 Å². The fourth-order valence-corrected chi connectivity index (χ4v) is 5.77. The van der Waals surface area contributed by atoms with Crippen LogP contribution in [-0.2, 0) is 21.7 Å². The predicted molar refractivity (Wildman–Crippen MR) is 129 cm³/mol. The minimum absolute atomic E-state index is 0.303. The van der Waals surface area contributed by atoms with Gasteiger partial charge in [0.05, 0.1) is 11.7 Å². The highest BCUT2D eigenvalue weighted by atomic mass is 32.1. The van der Waals surface area contributed by atoms with Crippen molar-refractivity contribution in [3.05, 3.63) is 75.5 Å². The maximum Gasteiger partial charge on any atom is 0.344 e. The number of carbonyl (C=O) groups excluding carboxylic acids is 3. The number of imide groups is 1. The van der Waals surface area contributed by atoms with E-state index >= 15 is 0 Å². The second-order valence-electron chi connectivity index (χ2n) is 7.72. The van der Waals surface area contributed by atoms with Crippen molar-refractivity contribution in [1.82, 2.24) is 25.3 Å². The summed E-state index contributed by atoms with van der Waals surface area (Å²) in [5.74, 6) is -1.28. The molecule has 11 heteroatoms. The Hall–Kier alpha value is -3.83. The van der Waals surface area contributed by atoms with E-state index < -0.39 is 29.9 Å². The average molecular weight is 494 g/mol. The van der Waals surface area contributed by atoms with Gasteiger partial charge in [0.1, 0.15) is 16.9 Å². The van der Waals surface area contributed by atoms with Gasteiger partial charge in [0.2, 0.25) is 0 Å². The fraction of sp³-hybridized carbons (Fsp3) is 0.174. The Kier molecular flexibility index (Phi) is 5.50. The molecule has 5 rings (SSSR count). The van der Waals surface area contributed by atoms with Crippen LogP contribution in [0.3, 0.4) is 0 Å². The lowest BCUT2D eigenvalue weighted by molar-refractivity contribution is -0.139. The molecule has 4 heterocycles. The van der Waals surface area contributed by atoms with Gasteiger partial charge in [0.15, 0.2) is 0 Å². The Morgan fingerprint density at radius 2 is 1.91 bits per heavy atom. The zero-order chi connectivity index (χ0) is 23.9. The van der Waals surface area contributed by atoms with E-state index in [0.717, 1.165) is 10.4 Å². The number of nitrogens with zero attached hydrogens (tertiary/aromatic N) is 3. The monoisotopic (exact) mass is 493 g/mol. The third-order valence-corrected chi connectivity index (χ3v) is 7.58. The van der Waals surface area contributed by atoms with Crippen LogP contribution < -0.4 is 16.3 Å². The molecule has 1 fully saturated rings. The Morgan fingerprint density at radius 1 is 1.12 bits per heavy atom. The minimum atomic E-state index is -1.27. The number of rotatable bonds is 6. The molecule has 0 bridgehead atoms. The van der Waals surface area contributed by atoms with E-state index in [-0.39, 0.29) is 5.56 Å². The van der Waals surface area contributed by atoms with Gasteiger partial charge in [-0.3, -0.25) is 24.4 Å². The van der Waals surface area contributed by atoms with Gasteiger partial charge in [-0.1, -0.05) is 43.3 Å². The first-order valence-electron chi connectivity index (χ1n) is 10.5. The first-order valence-corrected chi connectivity index (χ1v) is 12.2.